The summed E-state index contributed by atoms with van der Waals surface area (Å²) in [6, 6.07) is 12.6. The van der Waals surface area contributed by atoms with Gasteiger partial charge in [-0.1, -0.05) is 30.3 Å². The average Bonchev–Trinajstić information content (AvgIpc) is 3.32. The SMILES string of the molecule is CSCC[C@@H]1N[C@]2(C(=O)Nc3ccccc32)[C@@H]2C(=O)N(c3ccccc3F)C(=O)[C@@H]12. The number of carbonyl (C=O) groups is 3. The molecule has 0 aromatic heterocycles. The Bertz CT molecular complexity index is 1080. The van der Waals surface area contributed by atoms with E-state index in [1.807, 2.05) is 18.4 Å². The van der Waals surface area contributed by atoms with Gasteiger partial charge in [-0.2, -0.15) is 11.8 Å². The van der Waals surface area contributed by atoms with Crippen LogP contribution in [0.15, 0.2) is 48.5 Å². The molecule has 8 heteroatoms. The standard InChI is InChI=1S/C22H20FN3O3S/c1-30-11-10-15-17-18(20(28)26(19(17)27)16-9-5-3-7-13(16)23)22(25-15)12-6-2-4-8-14(12)24-21(22)29/h2-9,15,17-18,25H,10-11H2,1H3,(H,24,29)/t15-,17-,18-,22-/m0/s1. The lowest BCUT2D eigenvalue weighted by atomic mass is 9.76. The number of nitrogens with one attached hydrogen (secondary N) is 2. The molecule has 154 valence electrons. The van der Waals surface area contributed by atoms with E-state index >= 15 is 0 Å². The van der Waals surface area contributed by atoms with Crippen LogP contribution < -0.4 is 15.5 Å². The maximum atomic E-state index is 14.5. The predicted octanol–water partition coefficient (Wildman–Crippen LogP) is 2.50. The van der Waals surface area contributed by atoms with Gasteiger partial charge in [0.1, 0.15) is 11.4 Å². The number of fused-ring (bicyclic) bond motifs is 4. The number of rotatable bonds is 4. The van der Waals surface area contributed by atoms with Gasteiger partial charge in [-0.15, -0.1) is 0 Å². The fraction of sp³-hybridized carbons (Fsp3) is 0.318. The number of carbonyl (C=O) groups excluding carboxylic acids is 3. The summed E-state index contributed by atoms with van der Waals surface area (Å²) in [5, 5.41) is 6.23. The molecule has 2 N–H and O–H groups in total. The molecule has 0 saturated carbocycles. The van der Waals surface area contributed by atoms with Crippen LogP contribution in [0.5, 0.6) is 0 Å². The van der Waals surface area contributed by atoms with Crippen molar-refractivity contribution >= 4 is 40.9 Å². The monoisotopic (exact) mass is 425 g/mol. The molecule has 6 nitrogen and oxygen atoms in total. The maximum Gasteiger partial charge on any atom is 0.250 e. The zero-order valence-corrected chi connectivity index (χ0v) is 17.0. The van der Waals surface area contributed by atoms with Crippen LogP contribution in [-0.4, -0.2) is 35.8 Å². The zero-order valence-electron chi connectivity index (χ0n) is 16.2. The fourth-order valence-electron chi connectivity index (χ4n) is 5.12. The molecule has 3 aliphatic heterocycles. The molecule has 2 fully saturated rings. The van der Waals surface area contributed by atoms with E-state index in [2.05, 4.69) is 10.6 Å². The third-order valence-electron chi connectivity index (χ3n) is 6.35. The lowest BCUT2D eigenvalue weighted by molar-refractivity contribution is -0.130. The minimum absolute atomic E-state index is 0.0626. The molecule has 3 heterocycles. The highest BCUT2D eigenvalue weighted by Crippen LogP contribution is 2.54. The Kier molecular flexibility index (Phi) is 4.44. The highest BCUT2D eigenvalue weighted by Gasteiger charge is 2.70. The first-order valence-corrected chi connectivity index (χ1v) is 11.2. The van der Waals surface area contributed by atoms with Crippen molar-refractivity contribution in [3.05, 3.63) is 59.9 Å². The van der Waals surface area contributed by atoms with Crippen molar-refractivity contribution < 1.29 is 18.8 Å². The number of hydrogen-bond donors (Lipinski definition) is 2. The van der Waals surface area contributed by atoms with E-state index in [0.717, 1.165) is 10.7 Å². The first-order chi connectivity index (χ1) is 14.5. The zero-order chi connectivity index (χ0) is 21.0. The van der Waals surface area contributed by atoms with Crippen LogP contribution in [0.1, 0.15) is 12.0 Å². The second-order valence-corrected chi connectivity index (χ2v) is 8.79. The van der Waals surface area contributed by atoms with E-state index in [0.29, 0.717) is 17.7 Å². The molecule has 0 aliphatic carbocycles. The van der Waals surface area contributed by atoms with Crippen LogP contribution in [-0.2, 0) is 19.9 Å². The largest absolute Gasteiger partial charge is 0.324 e. The van der Waals surface area contributed by atoms with E-state index in [9.17, 15) is 18.8 Å². The van der Waals surface area contributed by atoms with Crippen LogP contribution in [0, 0.1) is 17.7 Å². The number of amides is 3. The smallest absolute Gasteiger partial charge is 0.250 e. The second-order valence-electron chi connectivity index (χ2n) is 7.81. The normalized spacial score (nSPS) is 29.5. The number of imide groups is 1. The van der Waals surface area contributed by atoms with Gasteiger partial charge in [0.05, 0.1) is 17.5 Å². The maximum absolute atomic E-state index is 14.5. The Balaban J connectivity index is 1.66. The molecule has 3 amide bonds. The van der Waals surface area contributed by atoms with Crippen molar-refractivity contribution in [3.8, 4) is 0 Å². The topological polar surface area (TPSA) is 78.5 Å². The number of halogens is 1. The molecule has 2 aromatic carbocycles. The van der Waals surface area contributed by atoms with Gasteiger partial charge in [-0.05, 0) is 36.6 Å². The van der Waals surface area contributed by atoms with E-state index < -0.39 is 35.0 Å². The van der Waals surface area contributed by atoms with Crippen molar-refractivity contribution in [1.82, 2.24) is 5.32 Å². The Hall–Kier alpha value is -2.71. The molecule has 2 saturated heterocycles. The van der Waals surface area contributed by atoms with Crippen molar-refractivity contribution in [1.29, 1.82) is 0 Å². The minimum Gasteiger partial charge on any atom is -0.324 e. The van der Waals surface area contributed by atoms with E-state index in [-0.39, 0.29) is 17.6 Å². The van der Waals surface area contributed by atoms with Crippen LogP contribution in [0.2, 0.25) is 0 Å². The third-order valence-corrected chi connectivity index (χ3v) is 6.99. The Labute approximate surface area is 177 Å². The summed E-state index contributed by atoms with van der Waals surface area (Å²) >= 11 is 1.63. The van der Waals surface area contributed by atoms with Gasteiger partial charge in [-0.25, -0.2) is 9.29 Å². The van der Waals surface area contributed by atoms with Crippen LogP contribution in [0.25, 0.3) is 0 Å². The first kappa shape index (κ1) is 19.3. The molecule has 2 aromatic rings. The van der Waals surface area contributed by atoms with Gasteiger partial charge in [0, 0.05) is 17.3 Å². The molecular formula is C22H20FN3O3S. The van der Waals surface area contributed by atoms with Crippen LogP contribution in [0.4, 0.5) is 15.8 Å². The number of nitrogens with zero attached hydrogens (tertiary/aromatic N) is 1. The number of para-hydroxylation sites is 2. The molecule has 0 unspecified atom stereocenters. The lowest BCUT2D eigenvalue weighted by Crippen LogP contribution is -2.53. The van der Waals surface area contributed by atoms with Gasteiger partial charge in [-0.3, -0.25) is 19.7 Å². The predicted molar refractivity (Wildman–Crippen MR) is 113 cm³/mol. The van der Waals surface area contributed by atoms with Crippen LogP contribution >= 0.6 is 11.8 Å². The average molecular weight is 425 g/mol. The highest BCUT2D eigenvalue weighted by atomic mass is 32.2. The molecule has 0 bridgehead atoms. The van der Waals surface area contributed by atoms with E-state index in [4.69, 9.17) is 0 Å². The lowest BCUT2D eigenvalue weighted by Gasteiger charge is -2.29. The molecule has 30 heavy (non-hydrogen) atoms. The quantitative estimate of drug-likeness (QED) is 0.736. The fourth-order valence-corrected chi connectivity index (χ4v) is 5.61. The Morgan fingerprint density at radius 2 is 1.80 bits per heavy atom. The number of anilines is 2. The van der Waals surface area contributed by atoms with Gasteiger partial charge >= 0.3 is 0 Å². The van der Waals surface area contributed by atoms with Crippen molar-refractivity contribution in [2.45, 2.75) is 18.0 Å². The second kappa shape index (κ2) is 6.92. The van der Waals surface area contributed by atoms with Gasteiger partial charge < -0.3 is 5.32 Å². The number of benzene rings is 2. The Morgan fingerprint density at radius 3 is 2.57 bits per heavy atom. The van der Waals surface area contributed by atoms with Crippen molar-refractivity contribution in [3.63, 3.8) is 0 Å². The minimum atomic E-state index is -1.34. The summed E-state index contributed by atoms with van der Waals surface area (Å²) in [7, 11) is 0. The highest BCUT2D eigenvalue weighted by molar-refractivity contribution is 7.98. The molecular weight excluding hydrogens is 405 g/mol. The number of thioether (sulfide) groups is 1. The van der Waals surface area contributed by atoms with Crippen molar-refractivity contribution in [2.75, 3.05) is 22.2 Å². The van der Waals surface area contributed by atoms with E-state index in [1.165, 1.54) is 18.2 Å². The summed E-state index contributed by atoms with van der Waals surface area (Å²) < 4.78 is 14.5. The Morgan fingerprint density at radius 1 is 1.07 bits per heavy atom. The summed E-state index contributed by atoms with van der Waals surface area (Å²) in [6.45, 7) is 0. The van der Waals surface area contributed by atoms with Gasteiger partial charge in [0.25, 0.3) is 0 Å². The summed E-state index contributed by atoms with van der Waals surface area (Å²) in [5.74, 6) is -2.88. The summed E-state index contributed by atoms with van der Waals surface area (Å²) in [4.78, 5) is 41.2. The van der Waals surface area contributed by atoms with Crippen molar-refractivity contribution in [2.24, 2.45) is 11.8 Å². The first-order valence-electron chi connectivity index (χ1n) is 9.80. The van der Waals surface area contributed by atoms with E-state index in [1.54, 1.807) is 30.0 Å². The molecule has 5 rings (SSSR count). The van der Waals surface area contributed by atoms with Gasteiger partial charge in [0.15, 0.2) is 0 Å². The molecule has 1 spiro atoms. The molecule has 3 aliphatic rings. The molecule has 0 radical (unpaired) electrons. The summed E-state index contributed by atoms with van der Waals surface area (Å²) in [5.41, 5.74) is -0.110. The number of hydrogen-bond acceptors (Lipinski definition) is 5. The van der Waals surface area contributed by atoms with Crippen LogP contribution in [0.3, 0.4) is 0 Å². The van der Waals surface area contributed by atoms with Gasteiger partial charge in [0.2, 0.25) is 17.7 Å². The summed E-state index contributed by atoms with van der Waals surface area (Å²) in [6.07, 6.45) is 2.58. The third kappa shape index (κ3) is 2.43. The molecule has 4 atom stereocenters.